The standard InChI is InChI=1S/C24H30N2S.2ClH/c1-26(2)24(20-8-4-3-5-9-20)15-12-21(13-16-24)25-17-14-19-18-27-23-11-7-6-10-22(19)23;;/h3-11,18,21,25H,12-17H2,1-2H3;2*1H. The number of hydrogen-bond donors (Lipinski definition) is 1. The fraction of sp³-hybridized carbons (Fsp3) is 0.417. The van der Waals surface area contributed by atoms with Gasteiger partial charge in [0, 0.05) is 16.3 Å². The lowest BCUT2D eigenvalue weighted by molar-refractivity contribution is 0.0858. The van der Waals surface area contributed by atoms with Crippen LogP contribution in [0.2, 0.25) is 0 Å². The van der Waals surface area contributed by atoms with Crippen molar-refractivity contribution in [2.45, 2.75) is 43.7 Å². The van der Waals surface area contributed by atoms with Gasteiger partial charge in [-0.3, -0.25) is 4.90 Å². The van der Waals surface area contributed by atoms with Crippen molar-refractivity contribution in [2.75, 3.05) is 20.6 Å². The number of benzene rings is 2. The van der Waals surface area contributed by atoms with Crippen molar-refractivity contribution in [1.29, 1.82) is 0 Å². The zero-order valence-electron chi connectivity index (χ0n) is 17.3. The fourth-order valence-corrected chi connectivity index (χ4v) is 5.68. The third kappa shape index (κ3) is 5.15. The molecule has 29 heavy (non-hydrogen) atoms. The van der Waals surface area contributed by atoms with Crippen LogP contribution in [0.4, 0.5) is 0 Å². The molecular formula is C24H32Cl2N2S. The Labute approximate surface area is 191 Å². The highest BCUT2D eigenvalue weighted by atomic mass is 35.5. The summed E-state index contributed by atoms with van der Waals surface area (Å²) in [4.78, 5) is 2.44. The van der Waals surface area contributed by atoms with E-state index >= 15 is 0 Å². The molecule has 0 bridgehead atoms. The molecule has 1 aliphatic rings. The van der Waals surface area contributed by atoms with E-state index in [0.717, 1.165) is 13.0 Å². The quantitative estimate of drug-likeness (QED) is 0.475. The average Bonchev–Trinajstić information content (AvgIpc) is 3.12. The van der Waals surface area contributed by atoms with E-state index in [1.54, 1.807) is 0 Å². The number of nitrogens with one attached hydrogen (secondary N) is 1. The van der Waals surface area contributed by atoms with E-state index < -0.39 is 0 Å². The van der Waals surface area contributed by atoms with Crippen LogP contribution < -0.4 is 5.32 Å². The Morgan fingerprint density at radius 2 is 1.62 bits per heavy atom. The van der Waals surface area contributed by atoms with Crippen molar-refractivity contribution < 1.29 is 0 Å². The highest BCUT2D eigenvalue weighted by molar-refractivity contribution is 7.17. The van der Waals surface area contributed by atoms with Gasteiger partial charge in [0.05, 0.1) is 0 Å². The minimum absolute atomic E-state index is 0. The highest BCUT2D eigenvalue weighted by Gasteiger charge is 2.38. The number of hydrogen-bond acceptors (Lipinski definition) is 3. The Morgan fingerprint density at radius 3 is 2.31 bits per heavy atom. The Kier molecular flexibility index (Phi) is 8.99. The summed E-state index contributed by atoms with van der Waals surface area (Å²) in [7, 11) is 4.48. The molecule has 3 aromatic rings. The molecule has 0 spiro atoms. The molecule has 158 valence electrons. The maximum absolute atomic E-state index is 3.84. The van der Waals surface area contributed by atoms with Gasteiger partial charge in [-0.05, 0) is 80.7 Å². The third-order valence-corrected chi connectivity index (χ3v) is 7.38. The van der Waals surface area contributed by atoms with Crippen LogP contribution in [0.5, 0.6) is 0 Å². The number of nitrogens with zero attached hydrogens (tertiary/aromatic N) is 1. The van der Waals surface area contributed by atoms with E-state index in [4.69, 9.17) is 0 Å². The molecule has 1 saturated carbocycles. The largest absolute Gasteiger partial charge is 0.314 e. The fourth-order valence-electron chi connectivity index (χ4n) is 4.68. The van der Waals surface area contributed by atoms with Crippen molar-refractivity contribution in [1.82, 2.24) is 10.2 Å². The van der Waals surface area contributed by atoms with E-state index in [1.165, 1.54) is 46.9 Å². The van der Waals surface area contributed by atoms with Crippen LogP contribution in [0.25, 0.3) is 10.1 Å². The molecule has 0 unspecified atom stereocenters. The van der Waals surface area contributed by atoms with Gasteiger partial charge in [0.15, 0.2) is 0 Å². The van der Waals surface area contributed by atoms with Crippen molar-refractivity contribution in [2.24, 2.45) is 0 Å². The molecule has 1 aliphatic carbocycles. The molecule has 0 radical (unpaired) electrons. The second-order valence-electron chi connectivity index (χ2n) is 8.03. The molecule has 1 heterocycles. The van der Waals surface area contributed by atoms with E-state index in [9.17, 15) is 0 Å². The lowest BCUT2D eigenvalue weighted by atomic mass is 9.74. The SMILES string of the molecule is CN(C)C1(c2ccccc2)CCC(NCCc2csc3ccccc23)CC1.Cl.Cl. The molecule has 1 N–H and O–H groups in total. The van der Waals surface area contributed by atoms with Crippen molar-refractivity contribution >= 4 is 46.2 Å². The first-order valence-corrected chi connectivity index (χ1v) is 11.0. The summed E-state index contributed by atoms with van der Waals surface area (Å²) in [5.41, 5.74) is 3.16. The number of thiophene rings is 1. The Hall–Kier alpha value is -1.10. The molecule has 0 atom stereocenters. The van der Waals surface area contributed by atoms with Gasteiger partial charge in [0.1, 0.15) is 0 Å². The predicted molar refractivity (Wildman–Crippen MR) is 132 cm³/mol. The van der Waals surface area contributed by atoms with Gasteiger partial charge in [-0.1, -0.05) is 48.5 Å². The molecule has 0 amide bonds. The van der Waals surface area contributed by atoms with Gasteiger partial charge in [-0.15, -0.1) is 36.2 Å². The maximum atomic E-state index is 3.84. The maximum Gasteiger partial charge on any atom is 0.0455 e. The van der Waals surface area contributed by atoms with Crippen molar-refractivity contribution in [3.8, 4) is 0 Å². The molecule has 0 saturated heterocycles. The zero-order chi connectivity index (χ0) is 18.7. The van der Waals surface area contributed by atoms with Gasteiger partial charge >= 0.3 is 0 Å². The van der Waals surface area contributed by atoms with Gasteiger partial charge in [-0.25, -0.2) is 0 Å². The van der Waals surface area contributed by atoms with Crippen LogP contribution >= 0.6 is 36.2 Å². The molecule has 2 aromatic carbocycles. The minimum atomic E-state index is 0. The summed E-state index contributed by atoms with van der Waals surface area (Å²) in [6.45, 7) is 1.08. The first kappa shape index (κ1) is 24.2. The molecule has 5 heteroatoms. The topological polar surface area (TPSA) is 15.3 Å². The summed E-state index contributed by atoms with van der Waals surface area (Å²) < 4.78 is 1.41. The average molecular weight is 452 g/mol. The van der Waals surface area contributed by atoms with Crippen LogP contribution in [0.1, 0.15) is 36.8 Å². The molecule has 1 fully saturated rings. The highest BCUT2D eigenvalue weighted by Crippen LogP contribution is 2.41. The minimum Gasteiger partial charge on any atom is -0.314 e. The number of halogens is 2. The summed E-state index contributed by atoms with van der Waals surface area (Å²) in [6, 6.07) is 20.5. The summed E-state index contributed by atoms with van der Waals surface area (Å²) >= 11 is 1.87. The lowest BCUT2D eigenvalue weighted by Crippen LogP contribution is -2.48. The van der Waals surface area contributed by atoms with Crippen LogP contribution in [-0.4, -0.2) is 31.6 Å². The smallest absolute Gasteiger partial charge is 0.0455 e. The summed E-state index contributed by atoms with van der Waals surface area (Å²) in [5, 5.41) is 7.61. The molecule has 2 nitrogen and oxygen atoms in total. The molecule has 1 aromatic heterocycles. The van der Waals surface area contributed by atoms with Crippen molar-refractivity contribution in [3.63, 3.8) is 0 Å². The zero-order valence-corrected chi connectivity index (χ0v) is 19.7. The van der Waals surface area contributed by atoms with Crippen LogP contribution in [0.15, 0.2) is 60.0 Å². The monoisotopic (exact) mass is 450 g/mol. The van der Waals surface area contributed by atoms with Crippen molar-refractivity contribution in [3.05, 3.63) is 71.1 Å². The van der Waals surface area contributed by atoms with Crippen LogP contribution in [0.3, 0.4) is 0 Å². The number of fused-ring (bicyclic) bond motifs is 1. The van der Waals surface area contributed by atoms with Gasteiger partial charge in [-0.2, -0.15) is 0 Å². The normalized spacial score (nSPS) is 21.6. The Morgan fingerprint density at radius 1 is 0.966 bits per heavy atom. The lowest BCUT2D eigenvalue weighted by Gasteiger charge is -2.45. The Bertz CT molecular complexity index is 871. The second kappa shape index (κ2) is 10.8. The van der Waals surface area contributed by atoms with E-state index in [2.05, 4.69) is 84.3 Å². The van der Waals surface area contributed by atoms with E-state index in [0.29, 0.717) is 6.04 Å². The third-order valence-electron chi connectivity index (χ3n) is 6.37. The van der Waals surface area contributed by atoms with Gasteiger partial charge < -0.3 is 5.32 Å². The first-order valence-electron chi connectivity index (χ1n) is 10.1. The molecule has 0 aliphatic heterocycles. The predicted octanol–water partition coefficient (Wildman–Crippen LogP) is 6.28. The second-order valence-corrected chi connectivity index (χ2v) is 8.94. The van der Waals surface area contributed by atoms with Crippen LogP contribution in [0, 0.1) is 0 Å². The summed E-state index contributed by atoms with van der Waals surface area (Å²) in [5.74, 6) is 0. The molecule has 4 rings (SSSR count). The summed E-state index contributed by atoms with van der Waals surface area (Å²) in [6.07, 6.45) is 6.07. The van der Waals surface area contributed by atoms with E-state index in [-0.39, 0.29) is 30.4 Å². The Balaban J connectivity index is 0.00000150. The number of rotatable bonds is 6. The van der Waals surface area contributed by atoms with Crippen LogP contribution in [-0.2, 0) is 12.0 Å². The van der Waals surface area contributed by atoms with E-state index in [1.807, 2.05) is 11.3 Å². The first-order chi connectivity index (χ1) is 13.2. The van der Waals surface area contributed by atoms with Gasteiger partial charge in [0.25, 0.3) is 0 Å². The van der Waals surface area contributed by atoms with Gasteiger partial charge in [0.2, 0.25) is 0 Å². The molecular weight excluding hydrogens is 419 g/mol.